The Morgan fingerprint density at radius 1 is 1.19 bits per heavy atom. The Labute approximate surface area is 174 Å². The van der Waals surface area contributed by atoms with Crippen LogP contribution < -0.4 is 10.6 Å². The van der Waals surface area contributed by atoms with Gasteiger partial charge in [-0.1, -0.05) is 12.8 Å². The zero-order valence-corrected chi connectivity index (χ0v) is 18.6. The van der Waals surface area contributed by atoms with Crippen LogP contribution in [-0.2, 0) is 11.3 Å². The van der Waals surface area contributed by atoms with Crippen molar-refractivity contribution in [1.29, 1.82) is 0 Å². The minimum absolute atomic E-state index is 0. The van der Waals surface area contributed by atoms with Gasteiger partial charge in [0.05, 0.1) is 0 Å². The van der Waals surface area contributed by atoms with Crippen LogP contribution in [0.15, 0.2) is 17.6 Å². The van der Waals surface area contributed by atoms with E-state index in [0.717, 1.165) is 58.0 Å². The molecule has 0 atom stereocenters. The first-order chi connectivity index (χ1) is 12.3. The second-order valence-corrected chi connectivity index (χ2v) is 6.98. The SMILES string of the molecule is CCNC(=NCC1(CCOC)CCCC1)NCCCCn1cnnc1.I. The molecule has 2 N–H and O–H groups in total. The molecular weight excluding hydrogens is 443 g/mol. The Hall–Kier alpha value is -0.900. The fourth-order valence-corrected chi connectivity index (χ4v) is 3.48. The quantitative estimate of drug-likeness (QED) is 0.222. The summed E-state index contributed by atoms with van der Waals surface area (Å²) in [5, 5.41) is 14.5. The summed E-state index contributed by atoms with van der Waals surface area (Å²) in [6, 6.07) is 0. The van der Waals surface area contributed by atoms with E-state index in [9.17, 15) is 0 Å². The van der Waals surface area contributed by atoms with Gasteiger partial charge in [0, 0.05) is 39.9 Å². The van der Waals surface area contributed by atoms with Gasteiger partial charge < -0.3 is 19.9 Å². The molecule has 0 aliphatic heterocycles. The number of aryl methyl sites for hydroxylation is 1. The Kier molecular flexibility index (Phi) is 11.8. The number of aliphatic imine (C=N–C) groups is 1. The van der Waals surface area contributed by atoms with Gasteiger partial charge in [0.2, 0.25) is 0 Å². The molecule has 0 amide bonds. The van der Waals surface area contributed by atoms with Gasteiger partial charge in [0.1, 0.15) is 12.7 Å². The molecule has 0 unspecified atom stereocenters. The second kappa shape index (κ2) is 13.3. The Bertz CT molecular complexity index is 488. The predicted molar refractivity (Wildman–Crippen MR) is 116 cm³/mol. The highest BCUT2D eigenvalue weighted by Crippen LogP contribution is 2.41. The molecule has 0 spiro atoms. The topological polar surface area (TPSA) is 76.4 Å². The number of rotatable bonds is 11. The second-order valence-electron chi connectivity index (χ2n) is 6.98. The zero-order chi connectivity index (χ0) is 17.8. The van der Waals surface area contributed by atoms with Crippen molar-refractivity contribution in [3.05, 3.63) is 12.7 Å². The number of nitrogens with zero attached hydrogens (tertiary/aromatic N) is 4. The minimum atomic E-state index is 0. The maximum absolute atomic E-state index is 5.31. The molecule has 0 aromatic carbocycles. The molecule has 1 fully saturated rings. The van der Waals surface area contributed by atoms with Crippen LogP contribution in [0.1, 0.15) is 51.9 Å². The van der Waals surface area contributed by atoms with Crippen LogP contribution in [0.5, 0.6) is 0 Å². The minimum Gasteiger partial charge on any atom is -0.385 e. The van der Waals surface area contributed by atoms with E-state index in [4.69, 9.17) is 9.73 Å². The molecule has 1 saturated carbocycles. The van der Waals surface area contributed by atoms with Crippen LogP contribution in [0.3, 0.4) is 0 Å². The molecule has 1 heterocycles. The Morgan fingerprint density at radius 3 is 2.58 bits per heavy atom. The zero-order valence-electron chi connectivity index (χ0n) is 16.2. The number of halogens is 1. The molecule has 1 aliphatic rings. The van der Waals surface area contributed by atoms with E-state index < -0.39 is 0 Å². The van der Waals surface area contributed by atoms with Crippen LogP contribution >= 0.6 is 24.0 Å². The molecule has 8 heteroatoms. The lowest BCUT2D eigenvalue weighted by atomic mass is 9.83. The van der Waals surface area contributed by atoms with Crippen molar-refractivity contribution >= 4 is 29.9 Å². The van der Waals surface area contributed by atoms with Gasteiger partial charge in [-0.3, -0.25) is 4.99 Å². The molecule has 2 rings (SSSR count). The molecule has 0 bridgehead atoms. The smallest absolute Gasteiger partial charge is 0.191 e. The maximum atomic E-state index is 5.31. The Morgan fingerprint density at radius 2 is 1.92 bits per heavy atom. The predicted octanol–water partition coefficient (Wildman–Crippen LogP) is 2.83. The molecule has 1 aromatic rings. The van der Waals surface area contributed by atoms with E-state index in [1.54, 1.807) is 19.8 Å². The molecular formula is C18H35IN6O. The maximum Gasteiger partial charge on any atom is 0.191 e. The van der Waals surface area contributed by atoms with Crippen molar-refractivity contribution in [2.75, 3.05) is 33.4 Å². The summed E-state index contributed by atoms with van der Waals surface area (Å²) in [5.74, 6) is 0.940. The molecule has 0 radical (unpaired) electrons. The lowest BCUT2D eigenvalue weighted by Gasteiger charge is -2.27. The monoisotopic (exact) mass is 478 g/mol. The van der Waals surface area contributed by atoms with Crippen LogP contribution in [0, 0.1) is 5.41 Å². The number of aromatic nitrogens is 3. The third-order valence-corrected chi connectivity index (χ3v) is 5.02. The summed E-state index contributed by atoms with van der Waals surface area (Å²) >= 11 is 0. The van der Waals surface area contributed by atoms with Gasteiger partial charge in [-0.05, 0) is 44.4 Å². The van der Waals surface area contributed by atoms with Crippen molar-refractivity contribution in [3.63, 3.8) is 0 Å². The van der Waals surface area contributed by atoms with Crippen molar-refractivity contribution < 1.29 is 4.74 Å². The third kappa shape index (κ3) is 8.20. The third-order valence-electron chi connectivity index (χ3n) is 5.02. The molecule has 7 nitrogen and oxygen atoms in total. The van der Waals surface area contributed by atoms with E-state index in [1.807, 2.05) is 4.57 Å². The highest BCUT2D eigenvalue weighted by atomic mass is 127. The molecule has 0 saturated heterocycles. The van der Waals surface area contributed by atoms with E-state index in [0.29, 0.717) is 5.41 Å². The van der Waals surface area contributed by atoms with Crippen LogP contribution in [-0.4, -0.2) is 54.1 Å². The number of hydrogen-bond acceptors (Lipinski definition) is 4. The van der Waals surface area contributed by atoms with Crippen molar-refractivity contribution in [1.82, 2.24) is 25.4 Å². The van der Waals surface area contributed by atoms with Gasteiger partial charge in [-0.2, -0.15) is 0 Å². The number of hydrogen-bond donors (Lipinski definition) is 2. The number of unbranched alkanes of at least 4 members (excludes halogenated alkanes) is 1. The highest BCUT2D eigenvalue weighted by molar-refractivity contribution is 14.0. The highest BCUT2D eigenvalue weighted by Gasteiger charge is 2.33. The summed E-state index contributed by atoms with van der Waals surface area (Å²) in [5.41, 5.74) is 0.340. The largest absolute Gasteiger partial charge is 0.385 e. The van der Waals surface area contributed by atoms with Gasteiger partial charge in [-0.15, -0.1) is 34.2 Å². The van der Waals surface area contributed by atoms with Gasteiger partial charge in [-0.25, -0.2) is 0 Å². The first kappa shape index (κ1) is 23.1. The Balaban J connectivity index is 0.00000338. The van der Waals surface area contributed by atoms with E-state index in [1.165, 1.54) is 25.7 Å². The number of ether oxygens (including phenoxy) is 1. The summed E-state index contributed by atoms with van der Waals surface area (Å²) in [6.45, 7) is 6.62. The van der Waals surface area contributed by atoms with Crippen molar-refractivity contribution in [2.45, 2.75) is 58.4 Å². The molecule has 1 aliphatic carbocycles. The summed E-state index contributed by atoms with van der Waals surface area (Å²) in [6.07, 6.45) is 12.0. The van der Waals surface area contributed by atoms with Crippen molar-refractivity contribution in [2.24, 2.45) is 10.4 Å². The number of guanidine groups is 1. The first-order valence-electron chi connectivity index (χ1n) is 9.61. The average Bonchev–Trinajstić information content (AvgIpc) is 3.30. The summed E-state index contributed by atoms with van der Waals surface area (Å²) in [4.78, 5) is 4.88. The first-order valence-corrected chi connectivity index (χ1v) is 9.61. The number of nitrogens with one attached hydrogen (secondary N) is 2. The lowest BCUT2D eigenvalue weighted by Crippen LogP contribution is -2.39. The van der Waals surface area contributed by atoms with E-state index >= 15 is 0 Å². The molecule has 150 valence electrons. The van der Waals surface area contributed by atoms with Gasteiger partial charge in [0.15, 0.2) is 5.96 Å². The fourth-order valence-electron chi connectivity index (χ4n) is 3.48. The fraction of sp³-hybridized carbons (Fsp3) is 0.833. The summed E-state index contributed by atoms with van der Waals surface area (Å²) < 4.78 is 7.33. The number of methoxy groups -OCH3 is 1. The van der Waals surface area contributed by atoms with Crippen LogP contribution in [0.2, 0.25) is 0 Å². The molecule has 1 aromatic heterocycles. The standard InChI is InChI=1S/C18H34N6O.HI/c1-3-19-17(20-11-6-7-12-24-15-22-23-16-24)21-14-18(10-13-25-2)8-4-5-9-18;/h15-16H,3-14H2,1-2H3,(H2,19,20,21);1H. The van der Waals surface area contributed by atoms with Crippen molar-refractivity contribution in [3.8, 4) is 0 Å². The van der Waals surface area contributed by atoms with Crippen LogP contribution in [0.25, 0.3) is 0 Å². The van der Waals surface area contributed by atoms with Gasteiger partial charge >= 0.3 is 0 Å². The van der Waals surface area contributed by atoms with Gasteiger partial charge in [0.25, 0.3) is 0 Å². The average molecular weight is 478 g/mol. The van der Waals surface area contributed by atoms with E-state index in [-0.39, 0.29) is 24.0 Å². The molecule has 26 heavy (non-hydrogen) atoms. The normalized spacial score (nSPS) is 16.3. The van der Waals surface area contributed by atoms with Crippen LogP contribution in [0.4, 0.5) is 0 Å². The van der Waals surface area contributed by atoms with E-state index in [2.05, 4.69) is 27.8 Å². The lowest BCUT2D eigenvalue weighted by molar-refractivity contribution is 0.141. The summed E-state index contributed by atoms with van der Waals surface area (Å²) in [7, 11) is 1.79.